The van der Waals surface area contributed by atoms with Crippen molar-refractivity contribution >= 4 is 5.91 Å². The molecule has 2 saturated heterocycles. The average molecular weight is 170 g/mol. The maximum atomic E-state index is 11.0. The second-order valence-electron chi connectivity index (χ2n) is 3.57. The minimum absolute atomic E-state index is 0.0209. The van der Waals surface area contributed by atoms with Gasteiger partial charge in [-0.1, -0.05) is 0 Å². The van der Waals surface area contributed by atoms with Crippen molar-refractivity contribution in [2.75, 3.05) is 6.54 Å². The van der Waals surface area contributed by atoms with Gasteiger partial charge in [-0.15, -0.1) is 0 Å². The van der Waals surface area contributed by atoms with Crippen molar-refractivity contribution in [1.82, 2.24) is 10.6 Å². The Bertz CT molecular complexity index is 195. The summed E-state index contributed by atoms with van der Waals surface area (Å²) in [5.41, 5.74) is 0. The van der Waals surface area contributed by atoms with Crippen molar-refractivity contribution in [1.29, 1.82) is 0 Å². The molecule has 0 saturated carbocycles. The monoisotopic (exact) mass is 170 g/mol. The van der Waals surface area contributed by atoms with Crippen LogP contribution >= 0.6 is 0 Å². The number of aliphatic hydroxyl groups excluding tert-OH is 1. The average Bonchev–Trinajstić information content (AvgIpc) is 2.04. The maximum Gasteiger partial charge on any atom is 0.222 e. The Morgan fingerprint density at radius 2 is 2.33 bits per heavy atom. The third kappa shape index (κ3) is 1.32. The standard InChI is InChI=1S/C8H14N2O2/c11-6-4-7(12)10-5-2-1-3-9-8(5)6/h5-6,8-9,11H,1-4H2,(H,10,12). The van der Waals surface area contributed by atoms with Crippen molar-refractivity contribution in [3.63, 3.8) is 0 Å². The van der Waals surface area contributed by atoms with Gasteiger partial charge in [-0.3, -0.25) is 4.79 Å². The lowest BCUT2D eigenvalue weighted by Crippen LogP contribution is -2.63. The Morgan fingerprint density at radius 3 is 3.17 bits per heavy atom. The van der Waals surface area contributed by atoms with E-state index < -0.39 is 6.10 Å². The highest BCUT2D eigenvalue weighted by Crippen LogP contribution is 2.17. The Labute approximate surface area is 71.3 Å². The fourth-order valence-corrected chi connectivity index (χ4v) is 2.06. The van der Waals surface area contributed by atoms with Crippen LogP contribution in [-0.4, -0.2) is 35.7 Å². The molecule has 4 nitrogen and oxygen atoms in total. The molecule has 2 fully saturated rings. The first kappa shape index (κ1) is 8.01. The molecular weight excluding hydrogens is 156 g/mol. The summed E-state index contributed by atoms with van der Waals surface area (Å²) < 4.78 is 0. The van der Waals surface area contributed by atoms with Crippen LogP contribution in [0.4, 0.5) is 0 Å². The summed E-state index contributed by atoms with van der Waals surface area (Å²) in [7, 11) is 0. The Hall–Kier alpha value is -0.610. The van der Waals surface area contributed by atoms with Crippen LogP contribution in [0.1, 0.15) is 19.3 Å². The summed E-state index contributed by atoms with van der Waals surface area (Å²) in [4.78, 5) is 11.0. The minimum atomic E-state index is -0.496. The number of carbonyl (C=O) groups is 1. The van der Waals surface area contributed by atoms with Crippen molar-refractivity contribution in [3.8, 4) is 0 Å². The summed E-state index contributed by atoms with van der Waals surface area (Å²) in [6, 6.07) is 0.228. The number of hydrogen-bond acceptors (Lipinski definition) is 3. The Kier molecular flexibility index (Phi) is 2.02. The molecule has 12 heavy (non-hydrogen) atoms. The van der Waals surface area contributed by atoms with Crippen LogP contribution in [0.25, 0.3) is 0 Å². The molecule has 2 aliphatic heterocycles. The van der Waals surface area contributed by atoms with Crippen LogP contribution in [0, 0.1) is 0 Å². The summed E-state index contributed by atoms with van der Waals surface area (Å²) in [5, 5.41) is 15.7. The maximum absolute atomic E-state index is 11.0. The van der Waals surface area contributed by atoms with E-state index in [0.717, 1.165) is 19.4 Å². The predicted octanol–water partition coefficient (Wildman–Crippen LogP) is -1.01. The number of nitrogens with one attached hydrogen (secondary N) is 2. The molecule has 68 valence electrons. The van der Waals surface area contributed by atoms with Crippen LogP contribution in [-0.2, 0) is 4.79 Å². The van der Waals surface area contributed by atoms with Gasteiger partial charge in [-0.05, 0) is 19.4 Å². The van der Waals surface area contributed by atoms with Gasteiger partial charge in [0, 0.05) is 6.04 Å². The van der Waals surface area contributed by atoms with Crippen LogP contribution in [0.2, 0.25) is 0 Å². The van der Waals surface area contributed by atoms with Crippen molar-refractivity contribution in [3.05, 3.63) is 0 Å². The van der Waals surface area contributed by atoms with Gasteiger partial charge >= 0.3 is 0 Å². The first-order valence-corrected chi connectivity index (χ1v) is 4.48. The molecule has 3 atom stereocenters. The fourth-order valence-electron chi connectivity index (χ4n) is 2.06. The molecule has 0 radical (unpaired) electrons. The quantitative estimate of drug-likeness (QED) is 0.436. The number of carbonyl (C=O) groups excluding carboxylic acids is 1. The summed E-state index contributed by atoms with van der Waals surface area (Å²) in [6.45, 7) is 0.952. The lowest BCUT2D eigenvalue weighted by Gasteiger charge is -2.39. The van der Waals surface area contributed by atoms with Crippen molar-refractivity contribution in [2.45, 2.75) is 37.5 Å². The number of amides is 1. The first-order chi connectivity index (χ1) is 5.77. The minimum Gasteiger partial charge on any atom is -0.391 e. The molecular formula is C8H14N2O2. The molecule has 1 amide bonds. The Morgan fingerprint density at radius 1 is 1.50 bits per heavy atom. The summed E-state index contributed by atoms with van der Waals surface area (Å²) in [5.74, 6) is -0.0209. The smallest absolute Gasteiger partial charge is 0.222 e. The van der Waals surface area contributed by atoms with Gasteiger partial charge in [0.05, 0.1) is 18.6 Å². The van der Waals surface area contributed by atoms with E-state index in [0.29, 0.717) is 0 Å². The zero-order chi connectivity index (χ0) is 8.55. The molecule has 3 unspecified atom stereocenters. The zero-order valence-electron chi connectivity index (χ0n) is 6.92. The molecule has 0 aromatic carbocycles. The lowest BCUT2D eigenvalue weighted by molar-refractivity contribution is -0.128. The number of rotatable bonds is 0. The van der Waals surface area contributed by atoms with E-state index in [-0.39, 0.29) is 24.4 Å². The normalized spacial score (nSPS) is 41.8. The molecule has 2 rings (SSSR count). The molecule has 0 aliphatic carbocycles. The van der Waals surface area contributed by atoms with E-state index in [1.807, 2.05) is 0 Å². The molecule has 0 spiro atoms. The third-order valence-corrected chi connectivity index (χ3v) is 2.66. The van der Waals surface area contributed by atoms with E-state index in [9.17, 15) is 9.90 Å². The SMILES string of the molecule is O=C1CC(O)C2NCCCC2N1. The number of piperidine rings is 2. The molecule has 2 aliphatic rings. The van der Waals surface area contributed by atoms with Gasteiger partial charge in [0.15, 0.2) is 0 Å². The van der Waals surface area contributed by atoms with Crippen LogP contribution in [0.3, 0.4) is 0 Å². The van der Waals surface area contributed by atoms with E-state index in [1.165, 1.54) is 0 Å². The highest BCUT2D eigenvalue weighted by Gasteiger charge is 2.36. The van der Waals surface area contributed by atoms with Crippen molar-refractivity contribution in [2.24, 2.45) is 0 Å². The van der Waals surface area contributed by atoms with Crippen molar-refractivity contribution < 1.29 is 9.90 Å². The molecule has 0 aromatic rings. The number of aliphatic hydroxyl groups is 1. The zero-order valence-corrected chi connectivity index (χ0v) is 6.92. The van der Waals surface area contributed by atoms with Crippen LogP contribution in [0.5, 0.6) is 0 Å². The summed E-state index contributed by atoms with van der Waals surface area (Å²) in [6.07, 6.45) is 1.81. The second-order valence-corrected chi connectivity index (χ2v) is 3.57. The van der Waals surface area contributed by atoms with Gasteiger partial charge in [0.2, 0.25) is 5.91 Å². The number of fused-ring (bicyclic) bond motifs is 1. The molecule has 4 heteroatoms. The van der Waals surface area contributed by atoms with Crippen LogP contribution in [0.15, 0.2) is 0 Å². The topological polar surface area (TPSA) is 61.4 Å². The molecule has 3 N–H and O–H groups in total. The van der Waals surface area contributed by atoms with E-state index in [4.69, 9.17) is 0 Å². The van der Waals surface area contributed by atoms with E-state index in [1.54, 1.807) is 0 Å². The molecule has 0 bridgehead atoms. The van der Waals surface area contributed by atoms with Gasteiger partial charge < -0.3 is 15.7 Å². The first-order valence-electron chi connectivity index (χ1n) is 4.48. The number of hydrogen-bond donors (Lipinski definition) is 3. The lowest BCUT2D eigenvalue weighted by atomic mass is 9.89. The predicted molar refractivity (Wildman–Crippen MR) is 43.6 cm³/mol. The molecule has 2 heterocycles. The highest BCUT2D eigenvalue weighted by molar-refractivity contribution is 5.78. The largest absolute Gasteiger partial charge is 0.391 e. The van der Waals surface area contributed by atoms with Gasteiger partial charge in [-0.2, -0.15) is 0 Å². The third-order valence-electron chi connectivity index (χ3n) is 2.66. The molecule has 0 aromatic heterocycles. The summed E-state index contributed by atoms with van der Waals surface area (Å²) >= 11 is 0. The Balaban J connectivity index is 2.06. The fraction of sp³-hybridized carbons (Fsp3) is 0.875. The van der Waals surface area contributed by atoms with Gasteiger partial charge in [0.25, 0.3) is 0 Å². The van der Waals surface area contributed by atoms with E-state index in [2.05, 4.69) is 10.6 Å². The van der Waals surface area contributed by atoms with Crippen LogP contribution < -0.4 is 10.6 Å². The second kappa shape index (κ2) is 3.03. The van der Waals surface area contributed by atoms with Gasteiger partial charge in [-0.25, -0.2) is 0 Å². The van der Waals surface area contributed by atoms with E-state index >= 15 is 0 Å². The highest BCUT2D eigenvalue weighted by atomic mass is 16.3. The van der Waals surface area contributed by atoms with Gasteiger partial charge in [0.1, 0.15) is 0 Å².